The number of nitrogens with zero attached hydrogens (tertiary/aromatic N) is 1. The van der Waals surface area contributed by atoms with Crippen molar-refractivity contribution >= 4 is 15.9 Å². The molecule has 0 unspecified atom stereocenters. The molecule has 1 amide bonds. The van der Waals surface area contributed by atoms with Crippen molar-refractivity contribution in [1.29, 1.82) is 0 Å². The number of sulfonamides is 1. The van der Waals surface area contributed by atoms with E-state index in [1.165, 1.54) is 18.7 Å². The normalized spacial score (nSPS) is 20.5. The SMILES string of the molecule is O=C(c1cc(S(=O)(=O)NC2CCCCC2)c[nH]1)N1CCCC1. The van der Waals surface area contributed by atoms with E-state index in [2.05, 4.69) is 9.71 Å². The second-order valence-electron chi connectivity index (χ2n) is 6.20. The molecule has 122 valence electrons. The lowest BCUT2D eigenvalue weighted by molar-refractivity contribution is 0.0787. The van der Waals surface area contributed by atoms with Crippen LogP contribution in [-0.4, -0.2) is 43.3 Å². The van der Waals surface area contributed by atoms with Gasteiger partial charge in [0.25, 0.3) is 5.91 Å². The van der Waals surface area contributed by atoms with E-state index >= 15 is 0 Å². The molecule has 0 radical (unpaired) electrons. The van der Waals surface area contributed by atoms with Gasteiger partial charge in [0.1, 0.15) is 10.6 Å². The molecule has 2 N–H and O–H groups in total. The molecule has 2 heterocycles. The van der Waals surface area contributed by atoms with Gasteiger partial charge in [-0.05, 0) is 31.7 Å². The van der Waals surface area contributed by atoms with E-state index in [1.54, 1.807) is 4.90 Å². The van der Waals surface area contributed by atoms with Crippen molar-refractivity contribution in [3.63, 3.8) is 0 Å². The molecular weight excluding hydrogens is 302 g/mol. The highest BCUT2D eigenvalue weighted by molar-refractivity contribution is 7.89. The van der Waals surface area contributed by atoms with E-state index in [9.17, 15) is 13.2 Å². The third-order valence-corrected chi connectivity index (χ3v) is 6.02. The zero-order valence-corrected chi connectivity index (χ0v) is 13.5. The van der Waals surface area contributed by atoms with Gasteiger partial charge in [-0.1, -0.05) is 19.3 Å². The van der Waals surface area contributed by atoms with Gasteiger partial charge in [0, 0.05) is 25.3 Å². The molecule has 0 atom stereocenters. The summed E-state index contributed by atoms with van der Waals surface area (Å²) in [7, 11) is -3.55. The van der Waals surface area contributed by atoms with Crippen molar-refractivity contribution in [3.8, 4) is 0 Å². The Morgan fingerprint density at radius 1 is 1.14 bits per heavy atom. The van der Waals surface area contributed by atoms with E-state index in [0.29, 0.717) is 5.69 Å². The van der Waals surface area contributed by atoms with Crippen molar-refractivity contribution in [2.45, 2.75) is 55.9 Å². The van der Waals surface area contributed by atoms with E-state index in [4.69, 9.17) is 0 Å². The summed E-state index contributed by atoms with van der Waals surface area (Å²) < 4.78 is 27.6. The number of carbonyl (C=O) groups excluding carboxylic acids is 1. The quantitative estimate of drug-likeness (QED) is 0.886. The Hall–Kier alpha value is -1.34. The number of amides is 1. The fraction of sp³-hybridized carbons (Fsp3) is 0.667. The smallest absolute Gasteiger partial charge is 0.270 e. The number of likely N-dealkylation sites (tertiary alicyclic amines) is 1. The summed E-state index contributed by atoms with van der Waals surface area (Å²) in [4.78, 5) is 17.0. The highest BCUT2D eigenvalue weighted by Gasteiger charge is 2.25. The van der Waals surface area contributed by atoms with Crippen molar-refractivity contribution in [2.75, 3.05) is 13.1 Å². The molecule has 1 aromatic rings. The predicted molar refractivity (Wildman–Crippen MR) is 83.1 cm³/mol. The van der Waals surface area contributed by atoms with Gasteiger partial charge in [-0.2, -0.15) is 0 Å². The van der Waals surface area contributed by atoms with Gasteiger partial charge in [0.2, 0.25) is 10.0 Å². The monoisotopic (exact) mass is 325 g/mol. The molecule has 1 saturated carbocycles. The molecular formula is C15H23N3O3S. The number of H-pyrrole nitrogens is 1. The maximum Gasteiger partial charge on any atom is 0.270 e. The molecule has 2 fully saturated rings. The van der Waals surface area contributed by atoms with Gasteiger partial charge in [-0.3, -0.25) is 4.79 Å². The fourth-order valence-corrected chi connectivity index (χ4v) is 4.55. The van der Waals surface area contributed by atoms with Crippen LogP contribution in [0, 0.1) is 0 Å². The number of hydrogen-bond donors (Lipinski definition) is 2. The van der Waals surface area contributed by atoms with Gasteiger partial charge in [0.15, 0.2) is 0 Å². The summed E-state index contributed by atoms with van der Waals surface area (Å²) in [6.45, 7) is 1.50. The topological polar surface area (TPSA) is 82.3 Å². The van der Waals surface area contributed by atoms with Crippen LogP contribution in [0.4, 0.5) is 0 Å². The number of hydrogen-bond acceptors (Lipinski definition) is 3. The molecule has 2 aliphatic rings. The number of aromatic amines is 1. The third kappa shape index (κ3) is 3.35. The average Bonchev–Trinajstić information content (AvgIpc) is 3.19. The third-order valence-electron chi connectivity index (χ3n) is 4.52. The zero-order chi connectivity index (χ0) is 15.6. The van der Waals surface area contributed by atoms with E-state index in [1.807, 2.05) is 0 Å². The predicted octanol–water partition coefficient (Wildman–Crippen LogP) is 1.86. The number of carbonyl (C=O) groups is 1. The Kier molecular flexibility index (Phi) is 4.54. The van der Waals surface area contributed by atoms with Crippen molar-refractivity contribution in [2.24, 2.45) is 0 Å². The molecule has 1 aromatic heterocycles. The van der Waals surface area contributed by atoms with Crippen LogP contribution in [0.25, 0.3) is 0 Å². The van der Waals surface area contributed by atoms with Crippen LogP contribution < -0.4 is 4.72 Å². The van der Waals surface area contributed by atoms with Crippen molar-refractivity contribution in [1.82, 2.24) is 14.6 Å². The summed E-state index contributed by atoms with van der Waals surface area (Å²) in [6.07, 6.45) is 8.54. The van der Waals surface area contributed by atoms with Crippen LogP contribution in [0.1, 0.15) is 55.4 Å². The van der Waals surface area contributed by atoms with Gasteiger partial charge in [-0.25, -0.2) is 13.1 Å². The Labute approximate surface area is 131 Å². The van der Waals surface area contributed by atoms with Crippen LogP contribution >= 0.6 is 0 Å². The first-order valence-corrected chi connectivity index (χ1v) is 9.54. The number of rotatable bonds is 4. The molecule has 0 aromatic carbocycles. The second kappa shape index (κ2) is 6.42. The van der Waals surface area contributed by atoms with Crippen LogP contribution in [-0.2, 0) is 10.0 Å². The highest BCUT2D eigenvalue weighted by Crippen LogP contribution is 2.21. The lowest BCUT2D eigenvalue weighted by Gasteiger charge is -2.22. The van der Waals surface area contributed by atoms with Gasteiger partial charge in [-0.15, -0.1) is 0 Å². The largest absolute Gasteiger partial charge is 0.356 e. The fourth-order valence-electron chi connectivity index (χ4n) is 3.25. The molecule has 6 nitrogen and oxygen atoms in total. The maximum absolute atomic E-state index is 12.4. The molecule has 22 heavy (non-hydrogen) atoms. The van der Waals surface area contributed by atoms with E-state index in [-0.39, 0.29) is 16.8 Å². The average molecular weight is 325 g/mol. The summed E-state index contributed by atoms with van der Waals surface area (Å²) in [5.41, 5.74) is 0.353. The summed E-state index contributed by atoms with van der Waals surface area (Å²) in [5.74, 6) is -0.114. The summed E-state index contributed by atoms with van der Waals surface area (Å²) >= 11 is 0. The lowest BCUT2D eigenvalue weighted by Crippen LogP contribution is -2.36. The lowest BCUT2D eigenvalue weighted by atomic mass is 9.96. The zero-order valence-electron chi connectivity index (χ0n) is 12.7. The first-order chi connectivity index (χ1) is 10.6. The number of aromatic nitrogens is 1. The van der Waals surface area contributed by atoms with Gasteiger partial charge < -0.3 is 9.88 Å². The minimum absolute atomic E-state index is 0.0198. The summed E-state index contributed by atoms with van der Waals surface area (Å²) in [6, 6.07) is 1.47. The summed E-state index contributed by atoms with van der Waals surface area (Å²) in [5, 5.41) is 0. The van der Waals surface area contributed by atoms with Crippen molar-refractivity contribution < 1.29 is 13.2 Å². The van der Waals surface area contributed by atoms with E-state index in [0.717, 1.165) is 51.6 Å². The molecule has 1 aliphatic heterocycles. The van der Waals surface area contributed by atoms with Crippen LogP contribution in [0.15, 0.2) is 17.2 Å². The standard InChI is InChI=1S/C15H23N3O3S/c19-15(18-8-4-5-9-18)14-10-13(11-16-14)22(20,21)17-12-6-2-1-3-7-12/h10-12,16-17H,1-9H2. The minimum Gasteiger partial charge on any atom is -0.356 e. The van der Waals surface area contributed by atoms with Crippen molar-refractivity contribution in [3.05, 3.63) is 18.0 Å². The van der Waals surface area contributed by atoms with E-state index < -0.39 is 10.0 Å². The molecule has 7 heteroatoms. The minimum atomic E-state index is -3.55. The van der Waals surface area contributed by atoms with Crippen LogP contribution in [0.5, 0.6) is 0 Å². The number of nitrogens with one attached hydrogen (secondary N) is 2. The maximum atomic E-state index is 12.4. The van der Waals surface area contributed by atoms with Gasteiger partial charge in [0.05, 0.1) is 0 Å². The second-order valence-corrected chi connectivity index (χ2v) is 7.92. The Morgan fingerprint density at radius 2 is 1.82 bits per heavy atom. The highest BCUT2D eigenvalue weighted by atomic mass is 32.2. The Balaban J connectivity index is 1.70. The Bertz CT molecular complexity index is 626. The molecule has 1 aliphatic carbocycles. The van der Waals surface area contributed by atoms with Crippen LogP contribution in [0.3, 0.4) is 0 Å². The molecule has 1 saturated heterocycles. The Morgan fingerprint density at radius 3 is 2.50 bits per heavy atom. The molecule has 0 bridgehead atoms. The first-order valence-electron chi connectivity index (χ1n) is 8.06. The molecule has 0 spiro atoms. The van der Waals surface area contributed by atoms with Crippen LogP contribution in [0.2, 0.25) is 0 Å². The van der Waals surface area contributed by atoms with Gasteiger partial charge >= 0.3 is 0 Å². The first kappa shape index (κ1) is 15.6. The molecule has 3 rings (SSSR count).